The van der Waals surface area contributed by atoms with E-state index in [0.29, 0.717) is 5.76 Å². The summed E-state index contributed by atoms with van der Waals surface area (Å²) in [6.07, 6.45) is 16.4. The average Bonchev–Trinajstić information content (AvgIpc) is 2.75. The van der Waals surface area contributed by atoms with E-state index >= 15 is 0 Å². The van der Waals surface area contributed by atoms with Gasteiger partial charge in [-0.1, -0.05) is 66.5 Å². The number of nitrogens with one attached hydrogen (secondary N) is 1. The Labute approximate surface area is 145 Å². The first kappa shape index (κ1) is 24.2. The van der Waals surface area contributed by atoms with Crippen LogP contribution in [0.3, 0.4) is 0 Å². The van der Waals surface area contributed by atoms with Crippen LogP contribution >= 0.6 is 0 Å². The molecule has 0 aliphatic heterocycles. The van der Waals surface area contributed by atoms with Gasteiger partial charge in [0.25, 0.3) is 0 Å². The molecule has 1 saturated carbocycles. The zero-order chi connectivity index (χ0) is 17.9. The SMILES string of the molecule is CC.CC.CCCC1=CC(O)=CCC=C1.CCCNC1CCC1. The normalized spacial score (nSPS) is 15.9. The minimum Gasteiger partial charge on any atom is -0.508 e. The first-order chi connectivity index (χ1) is 11.3. The van der Waals surface area contributed by atoms with E-state index in [0.717, 1.165) is 25.3 Å². The van der Waals surface area contributed by atoms with Gasteiger partial charge in [-0.15, -0.1) is 0 Å². The lowest BCUT2D eigenvalue weighted by molar-refractivity contribution is 0.341. The Hall–Kier alpha value is -1.02. The van der Waals surface area contributed by atoms with Gasteiger partial charge in [0, 0.05) is 6.04 Å². The van der Waals surface area contributed by atoms with Crippen molar-refractivity contribution in [3.05, 3.63) is 35.6 Å². The molecular weight excluding hydrogens is 282 g/mol. The van der Waals surface area contributed by atoms with Crippen molar-refractivity contribution in [2.45, 2.75) is 92.5 Å². The first-order valence-corrected chi connectivity index (χ1v) is 9.75. The topological polar surface area (TPSA) is 32.3 Å². The van der Waals surface area contributed by atoms with Gasteiger partial charge in [-0.05, 0) is 56.4 Å². The van der Waals surface area contributed by atoms with E-state index in [1.54, 1.807) is 0 Å². The molecule has 2 aliphatic carbocycles. The summed E-state index contributed by atoms with van der Waals surface area (Å²) in [5, 5.41) is 12.7. The van der Waals surface area contributed by atoms with Gasteiger partial charge in [-0.25, -0.2) is 0 Å². The maximum Gasteiger partial charge on any atom is 0.112 e. The molecule has 0 spiro atoms. The number of hydrogen-bond donors (Lipinski definition) is 2. The molecule has 0 heterocycles. The predicted molar refractivity (Wildman–Crippen MR) is 106 cm³/mol. The van der Waals surface area contributed by atoms with Crippen molar-refractivity contribution in [3.63, 3.8) is 0 Å². The lowest BCUT2D eigenvalue weighted by Gasteiger charge is -2.26. The van der Waals surface area contributed by atoms with Gasteiger partial charge in [0.1, 0.15) is 5.76 Å². The van der Waals surface area contributed by atoms with E-state index < -0.39 is 0 Å². The van der Waals surface area contributed by atoms with Crippen LogP contribution in [0.1, 0.15) is 86.5 Å². The molecule has 2 N–H and O–H groups in total. The van der Waals surface area contributed by atoms with Crippen LogP contribution in [0.4, 0.5) is 0 Å². The van der Waals surface area contributed by atoms with Crippen LogP contribution in [0.2, 0.25) is 0 Å². The van der Waals surface area contributed by atoms with Crippen molar-refractivity contribution in [2.24, 2.45) is 0 Å². The van der Waals surface area contributed by atoms with Gasteiger partial charge in [0.15, 0.2) is 0 Å². The zero-order valence-corrected chi connectivity index (χ0v) is 16.5. The zero-order valence-electron chi connectivity index (χ0n) is 16.5. The molecule has 0 amide bonds. The van der Waals surface area contributed by atoms with Crippen molar-refractivity contribution >= 4 is 0 Å². The highest BCUT2D eigenvalue weighted by atomic mass is 16.3. The number of aliphatic hydroxyl groups is 1. The highest BCUT2D eigenvalue weighted by Gasteiger charge is 2.14. The van der Waals surface area contributed by atoms with Gasteiger partial charge >= 0.3 is 0 Å². The predicted octanol–water partition coefficient (Wildman–Crippen LogP) is 6.71. The van der Waals surface area contributed by atoms with Gasteiger partial charge in [0.2, 0.25) is 0 Å². The summed E-state index contributed by atoms with van der Waals surface area (Å²) in [6, 6.07) is 0.884. The minimum absolute atomic E-state index is 0.401. The van der Waals surface area contributed by atoms with Gasteiger partial charge < -0.3 is 10.4 Å². The second-order valence-electron chi connectivity index (χ2n) is 5.32. The monoisotopic (exact) mass is 323 g/mol. The number of hydrogen-bond acceptors (Lipinski definition) is 2. The Morgan fingerprint density at radius 1 is 1.09 bits per heavy atom. The molecule has 2 heteroatoms. The highest BCUT2D eigenvalue weighted by molar-refractivity contribution is 5.29. The molecule has 0 unspecified atom stereocenters. The third kappa shape index (κ3) is 14.3. The summed E-state index contributed by atoms with van der Waals surface area (Å²) >= 11 is 0. The molecule has 2 nitrogen and oxygen atoms in total. The molecule has 1 fully saturated rings. The van der Waals surface area contributed by atoms with Crippen LogP contribution in [0.5, 0.6) is 0 Å². The standard InChI is InChI=1S/C10H14O.C7H15N.2C2H6/c1-2-5-9-6-3-4-7-10(11)8-9;1-2-6-8-7-4-3-5-7;2*1-2/h3,6-8,11H,2,4-5H2,1H3;7-8H,2-6H2,1H3;2*1-2H3. The van der Waals surface area contributed by atoms with Crippen LogP contribution in [-0.2, 0) is 0 Å². The van der Waals surface area contributed by atoms with Crippen LogP contribution in [-0.4, -0.2) is 17.7 Å². The average molecular weight is 324 g/mol. The van der Waals surface area contributed by atoms with E-state index in [9.17, 15) is 5.11 Å². The lowest BCUT2D eigenvalue weighted by atomic mass is 9.93. The molecule has 0 aromatic heterocycles. The van der Waals surface area contributed by atoms with Gasteiger partial charge in [0.05, 0.1) is 0 Å². The Bertz CT molecular complexity index is 325. The van der Waals surface area contributed by atoms with E-state index in [2.05, 4.69) is 31.3 Å². The molecule has 23 heavy (non-hydrogen) atoms. The van der Waals surface area contributed by atoms with E-state index in [1.807, 2.05) is 39.8 Å². The highest BCUT2D eigenvalue weighted by Crippen LogP contribution is 2.17. The Morgan fingerprint density at radius 2 is 1.74 bits per heavy atom. The molecule has 0 aromatic rings. The molecule has 2 aliphatic rings. The van der Waals surface area contributed by atoms with Crippen LogP contribution < -0.4 is 5.32 Å². The number of rotatable bonds is 5. The second-order valence-corrected chi connectivity index (χ2v) is 5.32. The molecule has 136 valence electrons. The lowest BCUT2D eigenvalue weighted by Crippen LogP contribution is -2.35. The van der Waals surface area contributed by atoms with E-state index in [-0.39, 0.29) is 0 Å². The minimum atomic E-state index is 0.401. The Balaban J connectivity index is 0. The van der Waals surface area contributed by atoms with Crippen molar-refractivity contribution in [1.29, 1.82) is 0 Å². The summed E-state index contributed by atoms with van der Waals surface area (Å²) in [4.78, 5) is 0. The summed E-state index contributed by atoms with van der Waals surface area (Å²) in [6.45, 7) is 13.6. The second kappa shape index (κ2) is 19.0. The first-order valence-electron chi connectivity index (χ1n) is 9.75. The molecule has 0 bridgehead atoms. The molecule has 0 saturated heterocycles. The molecular formula is C21H41NO. The van der Waals surface area contributed by atoms with Crippen molar-refractivity contribution in [1.82, 2.24) is 5.32 Å². The smallest absolute Gasteiger partial charge is 0.112 e. The summed E-state index contributed by atoms with van der Waals surface area (Å²) < 4.78 is 0. The molecule has 0 aromatic carbocycles. The fourth-order valence-electron chi connectivity index (χ4n) is 2.11. The van der Waals surface area contributed by atoms with Gasteiger partial charge in [-0.3, -0.25) is 0 Å². The summed E-state index contributed by atoms with van der Waals surface area (Å²) in [5.41, 5.74) is 1.22. The van der Waals surface area contributed by atoms with E-state index in [4.69, 9.17) is 0 Å². The summed E-state index contributed by atoms with van der Waals surface area (Å²) in [5.74, 6) is 0.401. The Kier molecular flexibility index (Phi) is 20.0. The fourth-order valence-corrected chi connectivity index (χ4v) is 2.11. The van der Waals surface area contributed by atoms with Crippen LogP contribution in [0, 0.1) is 0 Å². The van der Waals surface area contributed by atoms with Crippen LogP contribution in [0.15, 0.2) is 35.6 Å². The maximum atomic E-state index is 9.23. The largest absolute Gasteiger partial charge is 0.508 e. The summed E-state index contributed by atoms with van der Waals surface area (Å²) in [7, 11) is 0. The van der Waals surface area contributed by atoms with Crippen molar-refractivity contribution < 1.29 is 5.11 Å². The van der Waals surface area contributed by atoms with Crippen molar-refractivity contribution in [3.8, 4) is 0 Å². The molecule has 0 radical (unpaired) electrons. The maximum absolute atomic E-state index is 9.23. The van der Waals surface area contributed by atoms with E-state index in [1.165, 1.54) is 37.8 Å². The quantitative estimate of drug-likeness (QED) is 0.589. The Morgan fingerprint density at radius 3 is 2.22 bits per heavy atom. The number of allylic oxidation sites excluding steroid dienone is 5. The van der Waals surface area contributed by atoms with Crippen molar-refractivity contribution in [2.75, 3.05) is 6.54 Å². The third-order valence-corrected chi connectivity index (χ3v) is 3.46. The number of aliphatic hydroxyl groups excluding tert-OH is 1. The third-order valence-electron chi connectivity index (χ3n) is 3.46. The fraction of sp³-hybridized carbons (Fsp3) is 0.714. The molecule has 0 atom stereocenters. The molecule has 2 rings (SSSR count). The van der Waals surface area contributed by atoms with Gasteiger partial charge in [-0.2, -0.15) is 0 Å². The van der Waals surface area contributed by atoms with Crippen LogP contribution in [0.25, 0.3) is 0 Å².